The zero-order valence-corrected chi connectivity index (χ0v) is 27.8. The Kier molecular flexibility index (Phi) is 9.70. The first-order valence-electron chi connectivity index (χ1n) is 16.5. The number of pyridine rings is 2. The molecule has 4 aromatic heterocycles. The van der Waals surface area contributed by atoms with E-state index in [1.807, 2.05) is 64.5 Å². The number of hydrogen-bond acceptors (Lipinski definition) is 8. The van der Waals surface area contributed by atoms with Crippen molar-refractivity contribution in [3.8, 4) is 5.88 Å². The summed E-state index contributed by atoms with van der Waals surface area (Å²) in [5.41, 5.74) is 3.02. The number of carbonyl (C=O) groups is 2. The van der Waals surface area contributed by atoms with Crippen LogP contribution in [0.3, 0.4) is 0 Å². The van der Waals surface area contributed by atoms with E-state index in [0.717, 1.165) is 24.1 Å². The van der Waals surface area contributed by atoms with E-state index in [4.69, 9.17) is 9.72 Å². The summed E-state index contributed by atoms with van der Waals surface area (Å²) in [4.78, 5) is 48.4. The van der Waals surface area contributed by atoms with E-state index in [1.54, 1.807) is 48.4 Å². The fourth-order valence-corrected chi connectivity index (χ4v) is 6.72. The normalized spacial score (nSPS) is 18.4. The third kappa shape index (κ3) is 6.60. The molecule has 0 radical (unpaired) electrons. The second kappa shape index (κ2) is 14.2. The van der Waals surface area contributed by atoms with E-state index in [-0.39, 0.29) is 41.2 Å². The fourth-order valence-electron chi connectivity index (χ4n) is 6.72. The van der Waals surface area contributed by atoms with Crippen LogP contribution >= 0.6 is 0 Å². The largest absolute Gasteiger partial charge is 0.503 e. The van der Waals surface area contributed by atoms with E-state index in [1.165, 1.54) is 0 Å². The number of imidazole rings is 2. The molecule has 1 N–H and O–H groups in total. The molecule has 0 aliphatic carbocycles. The van der Waals surface area contributed by atoms with E-state index in [9.17, 15) is 14.7 Å². The van der Waals surface area contributed by atoms with Gasteiger partial charge in [0.2, 0.25) is 5.88 Å². The maximum Gasteiger partial charge on any atom is 0.290 e. The van der Waals surface area contributed by atoms with E-state index >= 15 is 0 Å². The quantitative estimate of drug-likeness (QED) is 0.195. The minimum atomic E-state index is -0.564. The van der Waals surface area contributed by atoms with Crippen LogP contribution in [0.4, 0.5) is 0 Å². The Labute approximate surface area is 280 Å². The van der Waals surface area contributed by atoms with Crippen LogP contribution in [0.1, 0.15) is 63.9 Å². The lowest BCUT2D eigenvalue weighted by molar-refractivity contribution is -0.130. The number of carbonyl (C=O) groups excluding carboxylic acids is 2. The number of rotatable bonds is 14. The van der Waals surface area contributed by atoms with Crippen molar-refractivity contribution in [1.29, 1.82) is 0 Å². The second-order valence-corrected chi connectivity index (χ2v) is 12.8. The van der Waals surface area contributed by atoms with Gasteiger partial charge in [-0.3, -0.25) is 14.6 Å². The first-order chi connectivity index (χ1) is 23.2. The number of amides is 2. The molecule has 250 valence electrons. The Hall–Kier alpha value is -5.26. The Morgan fingerprint density at radius 2 is 1.33 bits per heavy atom. The highest BCUT2D eigenvalue weighted by molar-refractivity contribution is 5.97. The maximum atomic E-state index is 14.2. The molecule has 0 saturated carbocycles. The van der Waals surface area contributed by atoms with Crippen molar-refractivity contribution in [2.45, 2.75) is 65.7 Å². The molecular weight excluding hydrogens is 608 g/mol. The van der Waals surface area contributed by atoms with Gasteiger partial charge in [0.15, 0.2) is 11.5 Å². The molecule has 0 fully saturated rings. The van der Waals surface area contributed by atoms with Crippen LogP contribution in [0, 0.1) is 11.8 Å². The second-order valence-electron chi connectivity index (χ2n) is 12.8. The molecule has 12 heteroatoms. The highest BCUT2D eigenvalue weighted by Gasteiger charge is 2.44. The molecule has 2 atom stereocenters. The molecule has 0 bridgehead atoms. The first kappa shape index (κ1) is 32.7. The van der Waals surface area contributed by atoms with Crippen LogP contribution in [0.2, 0.25) is 0 Å². The van der Waals surface area contributed by atoms with Gasteiger partial charge in [-0.25, -0.2) is 15.0 Å². The number of ether oxygens (including phenoxy) is 1. The highest BCUT2D eigenvalue weighted by Crippen LogP contribution is 2.43. The lowest BCUT2D eigenvalue weighted by Gasteiger charge is -2.28. The van der Waals surface area contributed by atoms with Crippen LogP contribution in [0.15, 0.2) is 103 Å². The Balaban J connectivity index is 1.30. The Bertz CT molecular complexity index is 1780. The predicted octanol–water partition coefficient (Wildman–Crippen LogP) is 5.27. The molecule has 4 aromatic rings. The lowest BCUT2D eigenvalue weighted by Crippen LogP contribution is -2.33. The predicted molar refractivity (Wildman–Crippen MR) is 178 cm³/mol. The van der Waals surface area contributed by atoms with Crippen molar-refractivity contribution in [3.05, 3.63) is 114 Å². The van der Waals surface area contributed by atoms with Crippen molar-refractivity contribution >= 4 is 11.8 Å². The summed E-state index contributed by atoms with van der Waals surface area (Å²) in [5.74, 6) is -0.430. The molecule has 2 unspecified atom stereocenters. The van der Waals surface area contributed by atoms with Crippen molar-refractivity contribution in [2.75, 3.05) is 13.1 Å². The highest BCUT2D eigenvalue weighted by atomic mass is 16.5. The molecule has 2 aliphatic rings. The van der Waals surface area contributed by atoms with Gasteiger partial charge in [0.1, 0.15) is 6.04 Å². The van der Waals surface area contributed by atoms with E-state index in [2.05, 4.69) is 28.8 Å². The zero-order chi connectivity index (χ0) is 33.8. The Morgan fingerprint density at radius 3 is 1.90 bits per heavy atom. The molecule has 12 nitrogen and oxygen atoms in total. The summed E-state index contributed by atoms with van der Waals surface area (Å²) in [6.45, 7) is 10.4. The van der Waals surface area contributed by atoms with Crippen LogP contribution in [0.5, 0.6) is 5.88 Å². The number of aliphatic hydroxyl groups excluding tert-OH is 1. The molecule has 0 saturated heterocycles. The summed E-state index contributed by atoms with van der Waals surface area (Å²) >= 11 is 0. The summed E-state index contributed by atoms with van der Waals surface area (Å²) in [7, 11) is 0. The van der Waals surface area contributed by atoms with Crippen LogP contribution in [-0.2, 0) is 22.7 Å². The summed E-state index contributed by atoms with van der Waals surface area (Å²) in [6.07, 6.45) is 15.7. The van der Waals surface area contributed by atoms with Gasteiger partial charge in [-0.05, 0) is 48.4 Å². The topological polar surface area (TPSA) is 132 Å². The number of aliphatic hydroxyl groups is 1. The summed E-state index contributed by atoms with van der Waals surface area (Å²) < 4.78 is 10.4. The Morgan fingerprint density at radius 1 is 0.729 bits per heavy atom. The van der Waals surface area contributed by atoms with Gasteiger partial charge in [-0.2, -0.15) is 0 Å². The average Bonchev–Trinajstić information content (AvgIpc) is 3.88. The standard InChI is InChI=1S/C36H42N8O4/c1-24(2)29-32(44(35(46)33(29)45)19-7-17-42-21-15-39-23-42)27-8-5-9-28(40-27)48-34-30(25(3)4)31(26-10-12-37-13-11-26)43(36(34)47)18-6-16-41-20-14-38-22-41/h5,8-15,20-25,31-32,45H,6-7,16-19H2,1-4H3. The van der Waals surface area contributed by atoms with E-state index in [0.29, 0.717) is 37.3 Å². The molecule has 6 heterocycles. The van der Waals surface area contributed by atoms with Gasteiger partial charge in [0, 0.05) is 80.6 Å². The van der Waals surface area contributed by atoms with Crippen LogP contribution in [-0.4, -0.2) is 68.9 Å². The van der Waals surface area contributed by atoms with Gasteiger partial charge >= 0.3 is 0 Å². The minimum Gasteiger partial charge on any atom is -0.503 e. The molecule has 0 spiro atoms. The molecule has 0 aromatic carbocycles. The number of nitrogens with zero attached hydrogens (tertiary/aromatic N) is 8. The number of hydrogen-bond donors (Lipinski definition) is 1. The molecular formula is C36H42N8O4. The van der Waals surface area contributed by atoms with Crippen LogP contribution in [0.25, 0.3) is 0 Å². The molecule has 48 heavy (non-hydrogen) atoms. The zero-order valence-electron chi connectivity index (χ0n) is 27.8. The lowest BCUT2D eigenvalue weighted by atomic mass is 9.91. The van der Waals surface area contributed by atoms with Gasteiger partial charge < -0.3 is 28.8 Å². The molecule has 6 rings (SSSR count). The monoisotopic (exact) mass is 650 g/mol. The fraction of sp³-hybridized carbons (Fsp3) is 0.389. The van der Waals surface area contributed by atoms with Crippen molar-refractivity contribution < 1.29 is 19.4 Å². The third-order valence-electron chi connectivity index (χ3n) is 8.91. The number of aryl methyl sites for hydroxylation is 2. The number of aromatic nitrogens is 6. The summed E-state index contributed by atoms with van der Waals surface area (Å²) in [6, 6.07) is 8.38. The molecule has 2 amide bonds. The van der Waals surface area contributed by atoms with Gasteiger partial charge in [-0.1, -0.05) is 33.8 Å². The van der Waals surface area contributed by atoms with Gasteiger partial charge in [0.25, 0.3) is 11.8 Å². The average molecular weight is 651 g/mol. The van der Waals surface area contributed by atoms with Crippen molar-refractivity contribution in [1.82, 2.24) is 38.9 Å². The smallest absolute Gasteiger partial charge is 0.290 e. The van der Waals surface area contributed by atoms with Crippen LogP contribution < -0.4 is 4.74 Å². The third-order valence-corrected chi connectivity index (χ3v) is 8.91. The van der Waals surface area contributed by atoms with E-state index < -0.39 is 11.9 Å². The maximum absolute atomic E-state index is 14.2. The van der Waals surface area contributed by atoms with Gasteiger partial charge in [-0.15, -0.1) is 0 Å². The van der Waals surface area contributed by atoms with Crippen molar-refractivity contribution in [3.63, 3.8) is 0 Å². The van der Waals surface area contributed by atoms with Crippen molar-refractivity contribution in [2.24, 2.45) is 11.8 Å². The summed E-state index contributed by atoms with van der Waals surface area (Å²) in [5, 5.41) is 11.0. The molecule has 2 aliphatic heterocycles. The van der Waals surface area contributed by atoms with Gasteiger partial charge in [0.05, 0.1) is 24.4 Å². The SMILES string of the molecule is CC(C)C1=C(Oc2cccc(C3C(C(C)C)=C(O)C(=O)N3CCCn3ccnc3)n2)C(=O)N(CCCn2ccnc2)C1c1ccncc1. The minimum absolute atomic E-state index is 0.00480. The first-order valence-corrected chi connectivity index (χ1v) is 16.5.